The summed E-state index contributed by atoms with van der Waals surface area (Å²) in [4.78, 5) is 0. The number of nitrogens with zero attached hydrogens (tertiary/aromatic N) is 1. The highest BCUT2D eigenvalue weighted by atomic mass is 32.2. The minimum absolute atomic E-state index is 0.0166. The number of hydrogen-bond acceptors (Lipinski definition) is 4. The van der Waals surface area contributed by atoms with Crippen molar-refractivity contribution in [2.24, 2.45) is 0 Å². The van der Waals surface area contributed by atoms with Crippen LogP contribution in [0.2, 0.25) is 0 Å². The number of anilines is 1. The van der Waals surface area contributed by atoms with E-state index in [1.54, 1.807) is 24.3 Å². The van der Waals surface area contributed by atoms with E-state index in [1.165, 1.54) is 6.92 Å². The summed E-state index contributed by atoms with van der Waals surface area (Å²) < 4.78 is 80.0. The van der Waals surface area contributed by atoms with Gasteiger partial charge in [0.1, 0.15) is 10.8 Å². The molecule has 3 rings (SSSR count). The third-order valence-electron chi connectivity index (χ3n) is 4.42. The molecule has 0 atom stereocenters. The van der Waals surface area contributed by atoms with Gasteiger partial charge in [0, 0.05) is 15.6 Å². The smallest absolute Gasteiger partial charge is 0.392 e. The molecule has 29 heavy (non-hydrogen) atoms. The van der Waals surface area contributed by atoms with Crippen LogP contribution >= 0.6 is 11.3 Å². The second kappa shape index (κ2) is 7.92. The molecule has 0 saturated carbocycles. The van der Waals surface area contributed by atoms with Gasteiger partial charge in [0.2, 0.25) is 10.0 Å². The zero-order chi connectivity index (χ0) is 21.4. The van der Waals surface area contributed by atoms with Crippen molar-refractivity contribution in [1.82, 2.24) is 0 Å². The lowest BCUT2D eigenvalue weighted by Gasteiger charge is -2.24. The second-order valence-corrected chi connectivity index (χ2v) is 9.47. The van der Waals surface area contributed by atoms with E-state index in [-0.39, 0.29) is 16.3 Å². The van der Waals surface area contributed by atoms with E-state index < -0.39 is 40.7 Å². The SMILES string of the molecule is CCS(=O)(=O)N(Cc1ccc(F)c(C(F)(F)F)c1)c1sc2ccccc2c1CO. The molecule has 0 aliphatic rings. The average Bonchev–Trinajstić information content (AvgIpc) is 3.04. The molecule has 0 spiro atoms. The molecular weight excluding hydrogens is 430 g/mol. The van der Waals surface area contributed by atoms with Crippen LogP contribution in [0.15, 0.2) is 42.5 Å². The maximum atomic E-state index is 13.6. The molecule has 0 aliphatic carbocycles. The quantitative estimate of drug-likeness (QED) is 0.547. The van der Waals surface area contributed by atoms with Crippen molar-refractivity contribution in [3.8, 4) is 0 Å². The summed E-state index contributed by atoms with van der Waals surface area (Å²) >= 11 is 1.12. The standard InChI is InChI=1S/C19H17F4NO3S2/c1-2-29(26,27)24(10-12-7-8-16(20)15(9-12)19(21,22)23)18-14(11-25)13-5-3-4-6-17(13)28-18/h3-9,25H,2,10-11H2,1H3. The minimum atomic E-state index is -4.90. The molecule has 4 nitrogen and oxygen atoms in total. The van der Waals surface area contributed by atoms with E-state index in [2.05, 4.69) is 0 Å². The highest BCUT2D eigenvalue weighted by molar-refractivity contribution is 7.92. The first-order valence-electron chi connectivity index (χ1n) is 8.55. The molecule has 1 heterocycles. The zero-order valence-corrected chi connectivity index (χ0v) is 16.8. The van der Waals surface area contributed by atoms with E-state index in [4.69, 9.17) is 0 Å². The molecule has 0 aliphatic heterocycles. The lowest BCUT2D eigenvalue weighted by atomic mass is 10.1. The van der Waals surface area contributed by atoms with Crippen LogP contribution < -0.4 is 4.31 Å². The Morgan fingerprint density at radius 1 is 1.14 bits per heavy atom. The van der Waals surface area contributed by atoms with Gasteiger partial charge in [-0.05, 0) is 30.7 Å². The predicted octanol–water partition coefficient (Wildman–Crippen LogP) is 4.91. The number of benzene rings is 2. The molecule has 0 fully saturated rings. The van der Waals surface area contributed by atoms with E-state index in [0.29, 0.717) is 23.1 Å². The van der Waals surface area contributed by atoms with Crippen LogP contribution in [-0.4, -0.2) is 19.3 Å². The van der Waals surface area contributed by atoms with Gasteiger partial charge in [-0.25, -0.2) is 12.8 Å². The monoisotopic (exact) mass is 447 g/mol. The Bertz CT molecular complexity index is 1140. The van der Waals surface area contributed by atoms with Gasteiger partial charge in [-0.3, -0.25) is 4.31 Å². The largest absolute Gasteiger partial charge is 0.419 e. The van der Waals surface area contributed by atoms with Gasteiger partial charge in [0.15, 0.2) is 0 Å². The van der Waals surface area contributed by atoms with Crippen LogP contribution in [-0.2, 0) is 29.4 Å². The predicted molar refractivity (Wildman–Crippen MR) is 105 cm³/mol. The lowest BCUT2D eigenvalue weighted by molar-refractivity contribution is -0.140. The fourth-order valence-corrected chi connectivity index (χ4v) is 5.54. The van der Waals surface area contributed by atoms with Crippen molar-refractivity contribution in [3.63, 3.8) is 0 Å². The Labute approximate surface area is 169 Å². The number of rotatable bonds is 6. The van der Waals surface area contributed by atoms with Crippen molar-refractivity contribution in [2.45, 2.75) is 26.3 Å². The van der Waals surface area contributed by atoms with Crippen LogP contribution in [0.4, 0.5) is 22.6 Å². The molecule has 0 unspecified atom stereocenters. The maximum absolute atomic E-state index is 13.6. The number of aliphatic hydroxyl groups excluding tert-OH is 1. The van der Waals surface area contributed by atoms with Crippen molar-refractivity contribution in [1.29, 1.82) is 0 Å². The fourth-order valence-electron chi connectivity index (χ4n) is 2.95. The van der Waals surface area contributed by atoms with Crippen LogP contribution in [0.1, 0.15) is 23.6 Å². The molecule has 10 heteroatoms. The molecule has 0 amide bonds. The first-order chi connectivity index (χ1) is 13.6. The van der Waals surface area contributed by atoms with Gasteiger partial charge in [-0.15, -0.1) is 11.3 Å². The minimum Gasteiger partial charge on any atom is -0.392 e. The second-order valence-electron chi connectivity index (χ2n) is 6.26. The maximum Gasteiger partial charge on any atom is 0.419 e. The van der Waals surface area contributed by atoms with Gasteiger partial charge in [0.25, 0.3) is 0 Å². The molecule has 2 aromatic carbocycles. The molecule has 156 valence electrons. The first-order valence-corrected chi connectivity index (χ1v) is 11.0. The van der Waals surface area contributed by atoms with Gasteiger partial charge in [0.05, 0.1) is 24.5 Å². The van der Waals surface area contributed by atoms with Crippen LogP contribution in [0.5, 0.6) is 0 Å². The Hall–Kier alpha value is -2.17. The molecule has 0 radical (unpaired) electrons. The van der Waals surface area contributed by atoms with Crippen LogP contribution in [0.3, 0.4) is 0 Å². The average molecular weight is 447 g/mol. The highest BCUT2D eigenvalue weighted by Crippen LogP contribution is 2.40. The van der Waals surface area contributed by atoms with E-state index in [0.717, 1.165) is 26.4 Å². The van der Waals surface area contributed by atoms with Crippen molar-refractivity contribution in [3.05, 3.63) is 65.0 Å². The van der Waals surface area contributed by atoms with Crippen molar-refractivity contribution < 1.29 is 31.1 Å². The Balaban J connectivity index is 2.14. The van der Waals surface area contributed by atoms with E-state index in [1.807, 2.05) is 0 Å². The molecule has 0 saturated heterocycles. The molecule has 1 N–H and O–H groups in total. The fraction of sp³-hybridized carbons (Fsp3) is 0.263. The Kier molecular flexibility index (Phi) is 5.88. The molecule has 0 bridgehead atoms. The van der Waals surface area contributed by atoms with E-state index in [9.17, 15) is 31.1 Å². The summed E-state index contributed by atoms with van der Waals surface area (Å²) in [6.07, 6.45) is -4.90. The Morgan fingerprint density at radius 2 is 1.83 bits per heavy atom. The number of sulfonamides is 1. The number of thiophene rings is 1. The summed E-state index contributed by atoms with van der Waals surface area (Å²) in [6.45, 7) is 0.561. The topological polar surface area (TPSA) is 57.6 Å². The summed E-state index contributed by atoms with van der Waals surface area (Å²) in [6, 6.07) is 9.40. The summed E-state index contributed by atoms with van der Waals surface area (Å²) in [5.74, 6) is -1.72. The third-order valence-corrected chi connectivity index (χ3v) is 7.49. The number of aliphatic hydroxyl groups is 1. The van der Waals surface area contributed by atoms with Crippen LogP contribution in [0.25, 0.3) is 10.1 Å². The van der Waals surface area contributed by atoms with Gasteiger partial charge in [-0.2, -0.15) is 13.2 Å². The normalized spacial score (nSPS) is 12.5. The number of hydrogen-bond donors (Lipinski definition) is 1. The summed E-state index contributed by atoms with van der Waals surface area (Å²) in [5, 5.41) is 10.7. The number of halogens is 4. The summed E-state index contributed by atoms with van der Waals surface area (Å²) in [7, 11) is -3.89. The van der Waals surface area contributed by atoms with E-state index >= 15 is 0 Å². The molecular formula is C19H17F4NO3S2. The zero-order valence-electron chi connectivity index (χ0n) is 15.2. The Morgan fingerprint density at radius 3 is 2.45 bits per heavy atom. The highest BCUT2D eigenvalue weighted by Gasteiger charge is 2.35. The molecule has 1 aromatic heterocycles. The molecule has 3 aromatic rings. The first kappa shape index (κ1) is 21.5. The van der Waals surface area contributed by atoms with Crippen LogP contribution in [0, 0.1) is 5.82 Å². The van der Waals surface area contributed by atoms with Gasteiger partial charge < -0.3 is 5.11 Å². The number of fused-ring (bicyclic) bond motifs is 1. The lowest BCUT2D eigenvalue weighted by Crippen LogP contribution is -2.32. The number of alkyl halides is 3. The van der Waals surface area contributed by atoms with Gasteiger partial charge >= 0.3 is 6.18 Å². The summed E-state index contributed by atoms with van der Waals surface area (Å²) in [5.41, 5.74) is -1.10. The van der Waals surface area contributed by atoms with Crippen molar-refractivity contribution >= 4 is 36.4 Å². The third kappa shape index (κ3) is 4.24. The van der Waals surface area contributed by atoms with Gasteiger partial charge in [-0.1, -0.05) is 24.3 Å². The van der Waals surface area contributed by atoms with Crippen molar-refractivity contribution in [2.75, 3.05) is 10.1 Å².